The van der Waals surface area contributed by atoms with Crippen LogP contribution in [0.5, 0.6) is 0 Å². The molecule has 0 saturated carbocycles. The van der Waals surface area contributed by atoms with E-state index >= 15 is 0 Å². The number of hydrogen-bond acceptors (Lipinski definition) is 4. The van der Waals surface area contributed by atoms with Crippen molar-refractivity contribution in [1.29, 1.82) is 0 Å². The molecular weight excluding hydrogens is 408 g/mol. The molecule has 0 unspecified atom stereocenters. The lowest BCUT2D eigenvalue weighted by atomic mass is 9.94. The van der Waals surface area contributed by atoms with E-state index in [4.69, 9.17) is 12.2 Å². The van der Waals surface area contributed by atoms with Gasteiger partial charge in [-0.3, -0.25) is 14.9 Å². The van der Waals surface area contributed by atoms with E-state index in [2.05, 4.69) is 15.5 Å². The number of nitrogens with zero attached hydrogens (tertiary/aromatic N) is 2. The summed E-state index contributed by atoms with van der Waals surface area (Å²) in [5.74, 6) is -0.0339. The van der Waals surface area contributed by atoms with Crippen LogP contribution in [-0.2, 0) is 4.79 Å². The molecule has 1 fully saturated rings. The molecule has 0 atom stereocenters. The molecule has 0 radical (unpaired) electrons. The molecule has 2 N–H and O–H groups in total. The first-order chi connectivity index (χ1) is 14.6. The van der Waals surface area contributed by atoms with E-state index in [-0.39, 0.29) is 22.3 Å². The van der Waals surface area contributed by atoms with Gasteiger partial charge in [0.25, 0.3) is 5.91 Å². The van der Waals surface area contributed by atoms with Gasteiger partial charge >= 0.3 is 0 Å². The van der Waals surface area contributed by atoms with Gasteiger partial charge < -0.3 is 15.1 Å². The van der Waals surface area contributed by atoms with Crippen molar-refractivity contribution in [2.75, 3.05) is 36.4 Å². The SMILES string of the molecule is Cc1cccc(C(=O)NC(=S)Nc2ccc(N3CCN(C(=O)C(C)(C)C)CC3)cc2)c1. The van der Waals surface area contributed by atoms with Crippen molar-refractivity contribution < 1.29 is 9.59 Å². The van der Waals surface area contributed by atoms with Crippen LogP contribution in [0.25, 0.3) is 0 Å². The predicted octanol–water partition coefficient (Wildman–Crippen LogP) is 3.82. The highest BCUT2D eigenvalue weighted by molar-refractivity contribution is 7.80. The fourth-order valence-corrected chi connectivity index (χ4v) is 3.73. The van der Waals surface area contributed by atoms with Gasteiger partial charge in [-0.2, -0.15) is 0 Å². The molecule has 3 rings (SSSR count). The van der Waals surface area contributed by atoms with E-state index in [1.165, 1.54) is 0 Å². The number of carbonyl (C=O) groups is 2. The first-order valence-corrected chi connectivity index (χ1v) is 10.9. The van der Waals surface area contributed by atoms with E-state index < -0.39 is 0 Å². The zero-order valence-corrected chi connectivity index (χ0v) is 19.4. The van der Waals surface area contributed by atoms with E-state index in [9.17, 15) is 9.59 Å². The van der Waals surface area contributed by atoms with E-state index in [1.807, 2.05) is 75.1 Å². The van der Waals surface area contributed by atoms with Gasteiger partial charge in [-0.05, 0) is 55.5 Å². The van der Waals surface area contributed by atoms with Gasteiger partial charge in [-0.25, -0.2) is 0 Å². The summed E-state index contributed by atoms with van der Waals surface area (Å²) in [5.41, 5.74) is 3.15. The number of piperazine rings is 1. The van der Waals surface area contributed by atoms with Crippen LogP contribution in [0.3, 0.4) is 0 Å². The van der Waals surface area contributed by atoms with Crippen LogP contribution in [-0.4, -0.2) is 48.0 Å². The van der Waals surface area contributed by atoms with Crippen molar-refractivity contribution in [1.82, 2.24) is 10.2 Å². The van der Waals surface area contributed by atoms with Gasteiger partial charge in [0.1, 0.15) is 0 Å². The molecule has 1 aliphatic heterocycles. The molecule has 0 bridgehead atoms. The maximum absolute atomic E-state index is 12.5. The van der Waals surface area contributed by atoms with Crippen LogP contribution in [0.1, 0.15) is 36.7 Å². The lowest BCUT2D eigenvalue weighted by Gasteiger charge is -2.38. The highest BCUT2D eigenvalue weighted by atomic mass is 32.1. The Labute approximate surface area is 189 Å². The van der Waals surface area contributed by atoms with Crippen molar-refractivity contribution in [2.45, 2.75) is 27.7 Å². The minimum Gasteiger partial charge on any atom is -0.368 e. The molecule has 0 spiro atoms. The molecule has 164 valence electrons. The molecule has 1 aliphatic rings. The topological polar surface area (TPSA) is 64.7 Å². The maximum Gasteiger partial charge on any atom is 0.257 e. The summed E-state index contributed by atoms with van der Waals surface area (Å²) in [7, 11) is 0. The number of nitrogens with one attached hydrogen (secondary N) is 2. The second-order valence-electron chi connectivity index (χ2n) is 8.85. The zero-order valence-electron chi connectivity index (χ0n) is 18.6. The fraction of sp³-hybridized carbons (Fsp3) is 0.375. The van der Waals surface area contributed by atoms with Crippen LogP contribution in [0.15, 0.2) is 48.5 Å². The minimum atomic E-state index is -0.345. The number of hydrogen-bond donors (Lipinski definition) is 2. The van der Waals surface area contributed by atoms with Gasteiger partial charge in [0.2, 0.25) is 5.91 Å². The van der Waals surface area contributed by atoms with Crippen LogP contribution in [0.4, 0.5) is 11.4 Å². The Hall–Kier alpha value is -2.93. The average Bonchev–Trinajstić information content (AvgIpc) is 2.73. The summed E-state index contributed by atoms with van der Waals surface area (Å²) in [4.78, 5) is 29.0. The Bertz CT molecular complexity index is 958. The number of aryl methyl sites for hydroxylation is 1. The number of thiocarbonyl (C=S) groups is 1. The monoisotopic (exact) mass is 438 g/mol. The third-order valence-electron chi connectivity index (χ3n) is 5.21. The molecule has 1 heterocycles. The van der Waals surface area contributed by atoms with Crippen LogP contribution < -0.4 is 15.5 Å². The normalized spacial score (nSPS) is 14.2. The quantitative estimate of drug-likeness (QED) is 0.714. The first-order valence-electron chi connectivity index (χ1n) is 10.5. The van der Waals surface area contributed by atoms with Gasteiger partial charge in [-0.15, -0.1) is 0 Å². The summed E-state index contributed by atoms with van der Waals surface area (Å²) in [5, 5.41) is 6.02. The van der Waals surface area contributed by atoms with Crippen LogP contribution in [0, 0.1) is 12.3 Å². The predicted molar refractivity (Wildman–Crippen MR) is 130 cm³/mol. The van der Waals surface area contributed by atoms with Gasteiger partial charge in [0.05, 0.1) is 0 Å². The Morgan fingerprint density at radius 3 is 2.19 bits per heavy atom. The third kappa shape index (κ3) is 6.04. The third-order valence-corrected chi connectivity index (χ3v) is 5.41. The smallest absolute Gasteiger partial charge is 0.257 e. The molecule has 0 aromatic heterocycles. The number of rotatable bonds is 3. The van der Waals surface area contributed by atoms with Crippen molar-refractivity contribution in [3.63, 3.8) is 0 Å². The maximum atomic E-state index is 12.5. The molecular formula is C24H30N4O2S. The standard InChI is InChI=1S/C24H30N4O2S/c1-17-6-5-7-18(16-17)21(29)26-23(31)25-19-8-10-20(11-9-19)27-12-14-28(15-13-27)22(30)24(2,3)4/h5-11,16H,12-15H2,1-4H3,(H2,25,26,29,31). The zero-order chi connectivity index (χ0) is 22.6. The lowest BCUT2D eigenvalue weighted by Crippen LogP contribution is -2.51. The molecule has 1 saturated heterocycles. The highest BCUT2D eigenvalue weighted by Crippen LogP contribution is 2.22. The van der Waals surface area contributed by atoms with E-state index in [0.29, 0.717) is 5.56 Å². The Morgan fingerprint density at radius 1 is 0.968 bits per heavy atom. The Kier molecular flexibility index (Phi) is 6.95. The van der Waals surface area contributed by atoms with Crippen molar-refractivity contribution >= 4 is 40.5 Å². The van der Waals surface area contributed by atoms with Gasteiger partial charge in [-0.1, -0.05) is 38.5 Å². The molecule has 0 aliphatic carbocycles. The van der Waals surface area contributed by atoms with Gasteiger partial charge in [0.15, 0.2) is 5.11 Å². The minimum absolute atomic E-state index is 0.202. The molecule has 31 heavy (non-hydrogen) atoms. The van der Waals surface area contributed by atoms with Gasteiger partial charge in [0, 0.05) is 48.5 Å². The largest absolute Gasteiger partial charge is 0.368 e. The first kappa shape index (κ1) is 22.7. The van der Waals surface area contributed by atoms with Crippen molar-refractivity contribution in [3.05, 3.63) is 59.7 Å². The number of anilines is 2. The average molecular weight is 439 g/mol. The summed E-state index contributed by atoms with van der Waals surface area (Å²) in [6, 6.07) is 15.3. The highest BCUT2D eigenvalue weighted by Gasteiger charge is 2.29. The molecule has 2 amide bonds. The Morgan fingerprint density at radius 2 is 1.61 bits per heavy atom. The number of amides is 2. The lowest BCUT2D eigenvalue weighted by molar-refractivity contribution is -0.139. The number of carbonyl (C=O) groups excluding carboxylic acids is 2. The van der Waals surface area contributed by atoms with Crippen molar-refractivity contribution in [3.8, 4) is 0 Å². The summed E-state index contributed by atoms with van der Waals surface area (Å²) in [6.07, 6.45) is 0. The Balaban J connectivity index is 1.52. The summed E-state index contributed by atoms with van der Waals surface area (Å²) >= 11 is 5.28. The summed E-state index contributed by atoms with van der Waals surface area (Å²) in [6.45, 7) is 10.9. The van der Waals surface area contributed by atoms with E-state index in [1.54, 1.807) is 6.07 Å². The van der Waals surface area contributed by atoms with E-state index in [0.717, 1.165) is 43.1 Å². The van der Waals surface area contributed by atoms with Crippen LogP contribution in [0.2, 0.25) is 0 Å². The fourth-order valence-electron chi connectivity index (χ4n) is 3.52. The molecule has 2 aromatic carbocycles. The second kappa shape index (κ2) is 9.47. The second-order valence-corrected chi connectivity index (χ2v) is 9.26. The van der Waals surface area contributed by atoms with Crippen molar-refractivity contribution in [2.24, 2.45) is 5.41 Å². The molecule has 2 aromatic rings. The number of benzene rings is 2. The molecule has 6 nitrogen and oxygen atoms in total. The summed E-state index contributed by atoms with van der Waals surface area (Å²) < 4.78 is 0. The van der Waals surface area contributed by atoms with Crippen LogP contribution >= 0.6 is 12.2 Å². The molecule has 7 heteroatoms.